The number of rotatable bonds is 7. The second-order valence-corrected chi connectivity index (χ2v) is 4.06. The van der Waals surface area contributed by atoms with Gasteiger partial charge in [-0.05, 0) is 25.3 Å². The molecule has 0 saturated heterocycles. The van der Waals surface area contributed by atoms with Gasteiger partial charge in [0.2, 0.25) is 5.91 Å². The van der Waals surface area contributed by atoms with E-state index in [1.807, 2.05) is 13.8 Å². The van der Waals surface area contributed by atoms with E-state index in [-0.39, 0.29) is 5.91 Å². The van der Waals surface area contributed by atoms with Gasteiger partial charge in [-0.3, -0.25) is 4.79 Å². The molecule has 0 heterocycles. The molecule has 5 N–H and O–H groups in total. The first-order valence-electron chi connectivity index (χ1n) is 5.22. The van der Waals surface area contributed by atoms with E-state index in [2.05, 4.69) is 5.32 Å². The molecule has 88 valence electrons. The number of hydrogen-bond donors (Lipinski definition) is 3. The lowest BCUT2D eigenvalue weighted by Crippen LogP contribution is -2.47. The van der Waals surface area contributed by atoms with Crippen molar-refractivity contribution in [1.82, 2.24) is 5.32 Å². The van der Waals surface area contributed by atoms with Gasteiger partial charge in [0, 0.05) is 0 Å². The Morgan fingerprint density at radius 3 is 2.47 bits per heavy atom. The molecule has 5 heteroatoms. The fourth-order valence-electron chi connectivity index (χ4n) is 1.26. The molecule has 15 heavy (non-hydrogen) atoms. The molecule has 0 rings (SSSR count). The summed E-state index contributed by atoms with van der Waals surface area (Å²) in [6.45, 7) is 4.34. The largest absolute Gasteiger partial charge is 0.345 e. The van der Waals surface area contributed by atoms with E-state index in [4.69, 9.17) is 11.5 Å². The first-order valence-corrected chi connectivity index (χ1v) is 5.22. The van der Waals surface area contributed by atoms with Gasteiger partial charge < -0.3 is 21.6 Å². The number of carbonyl (C=O) groups is 2. The van der Waals surface area contributed by atoms with Crippen LogP contribution in [0.3, 0.4) is 0 Å². The lowest BCUT2D eigenvalue weighted by atomic mass is 10.0. The number of amides is 1. The van der Waals surface area contributed by atoms with Crippen LogP contribution in [0.5, 0.6) is 0 Å². The quantitative estimate of drug-likeness (QED) is 0.493. The Balaban J connectivity index is 4.03. The Labute approximate surface area is 90.6 Å². The minimum Gasteiger partial charge on any atom is -0.345 e. The Kier molecular flexibility index (Phi) is 6.90. The van der Waals surface area contributed by atoms with Crippen molar-refractivity contribution >= 4 is 12.2 Å². The molecule has 0 aromatic rings. The maximum absolute atomic E-state index is 11.5. The van der Waals surface area contributed by atoms with Gasteiger partial charge in [-0.25, -0.2) is 0 Å². The molecule has 2 atom stereocenters. The number of carbonyl (C=O) groups excluding carboxylic acids is 2. The average Bonchev–Trinajstić information content (AvgIpc) is 2.15. The van der Waals surface area contributed by atoms with Crippen LogP contribution in [-0.4, -0.2) is 30.8 Å². The van der Waals surface area contributed by atoms with E-state index in [9.17, 15) is 9.59 Å². The minimum absolute atomic E-state index is 0.283. The highest BCUT2D eigenvalue weighted by molar-refractivity contribution is 5.84. The van der Waals surface area contributed by atoms with Gasteiger partial charge in [0.05, 0.1) is 12.1 Å². The number of hydrogen-bond acceptors (Lipinski definition) is 4. The fraction of sp³-hybridized carbons (Fsp3) is 0.800. The van der Waals surface area contributed by atoms with Crippen molar-refractivity contribution in [2.24, 2.45) is 17.4 Å². The van der Waals surface area contributed by atoms with E-state index < -0.39 is 12.1 Å². The molecular formula is C10H21N3O2. The van der Waals surface area contributed by atoms with Crippen molar-refractivity contribution in [2.45, 2.75) is 38.8 Å². The Morgan fingerprint density at radius 2 is 2.07 bits per heavy atom. The van der Waals surface area contributed by atoms with Crippen LogP contribution in [0.4, 0.5) is 0 Å². The van der Waals surface area contributed by atoms with Crippen molar-refractivity contribution in [3.05, 3.63) is 0 Å². The second-order valence-electron chi connectivity index (χ2n) is 4.06. The summed E-state index contributed by atoms with van der Waals surface area (Å²) in [6, 6.07) is -1.06. The van der Waals surface area contributed by atoms with Crippen LogP contribution in [0.1, 0.15) is 26.7 Å². The fourth-order valence-corrected chi connectivity index (χ4v) is 1.26. The topological polar surface area (TPSA) is 98.2 Å². The van der Waals surface area contributed by atoms with Crippen LogP contribution in [0, 0.1) is 5.92 Å². The molecule has 0 spiro atoms. The number of nitrogens with one attached hydrogen (secondary N) is 1. The lowest BCUT2D eigenvalue weighted by molar-refractivity contribution is -0.125. The molecule has 0 bridgehead atoms. The summed E-state index contributed by atoms with van der Waals surface area (Å²) < 4.78 is 0. The van der Waals surface area contributed by atoms with Crippen molar-refractivity contribution < 1.29 is 9.59 Å². The third kappa shape index (κ3) is 6.19. The molecule has 0 aliphatic heterocycles. The first kappa shape index (κ1) is 14.1. The predicted molar refractivity (Wildman–Crippen MR) is 59.1 cm³/mol. The van der Waals surface area contributed by atoms with Crippen LogP contribution in [0.15, 0.2) is 0 Å². The molecule has 0 aliphatic carbocycles. The van der Waals surface area contributed by atoms with Gasteiger partial charge in [0.1, 0.15) is 6.29 Å². The number of aldehydes is 1. The van der Waals surface area contributed by atoms with Gasteiger partial charge in [-0.15, -0.1) is 0 Å². The van der Waals surface area contributed by atoms with E-state index in [1.165, 1.54) is 0 Å². The normalized spacial score (nSPS) is 14.7. The van der Waals surface area contributed by atoms with Crippen molar-refractivity contribution in [2.75, 3.05) is 6.54 Å². The van der Waals surface area contributed by atoms with Gasteiger partial charge in [0.25, 0.3) is 0 Å². The molecule has 5 nitrogen and oxygen atoms in total. The van der Waals surface area contributed by atoms with Gasteiger partial charge >= 0.3 is 0 Å². The summed E-state index contributed by atoms with van der Waals surface area (Å²) in [5.74, 6) is 0.0733. The molecular weight excluding hydrogens is 194 g/mol. The van der Waals surface area contributed by atoms with Crippen LogP contribution in [0.25, 0.3) is 0 Å². The average molecular weight is 215 g/mol. The van der Waals surface area contributed by atoms with Gasteiger partial charge in [0.15, 0.2) is 0 Å². The maximum Gasteiger partial charge on any atom is 0.237 e. The second kappa shape index (κ2) is 7.36. The lowest BCUT2D eigenvalue weighted by Gasteiger charge is -2.17. The van der Waals surface area contributed by atoms with Crippen LogP contribution in [-0.2, 0) is 9.59 Å². The first-order chi connectivity index (χ1) is 7.01. The van der Waals surface area contributed by atoms with E-state index in [0.29, 0.717) is 31.6 Å². The monoisotopic (exact) mass is 215 g/mol. The van der Waals surface area contributed by atoms with Crippen LogP contribution < -0.4 is 16.8 Å². The SMILES string of the molecule is CC(C)C[C@H](N)C(=O)N[C@H](C=O)CCN. The van der Waals surface area contributed by atoms with Crippen molar-refractivity contribution in [3.8, 4) is 0 Å². The summed E-state index contributed by atoms with van der Waals surface area (Å²) in [5, 5.41) is 2.56. The Hall–Kier alpha value is -0.940. The smallest absolute Gasteiger partial charge is 0.237 e. The Bertz CT molecular complexity index is 207. The summed E-state index contributed by atoms with van der Waals surface area (Å²) in [7, 11) is 0. The van der Waals surface area contributed by atoms with E-state index in [1.54, 1.807) is 0 Å². The van der Waals surface area contributed by atoms with E-state index in [0.717, 1.165) is 0 Å². The highest BCUT2D eigenvalue weighted by atomic mass is 16.2. The molecule has 0 aliphatic rings. The zero-order valence-electron chi connectivity index (χ0n) is 9.40. The minimum atomic E-state index is -0.551. The third-order valence-electron chi connectivity index (χ3n) is 2.03. The summed E-state index contributed by atoms with van der Waals surface area (Å²) in [6.07, 6.45) is 1.75. The third-order valence-corrected chi connectivity index (χ3v) is 2.03. The van der Waals surface area contributed by atoms with Gasteiger partial charge in [-0.1, -0.05) is 13.8 Å². The van der Waals surface area contributed by atoms with Gasteiger partial charge in [-0.2, -0.15) is 0 Å². The van der Waals surface area contributed by atoms with Crippen LogP contribution in [0.2, 0.25) is 0 Å². The van der Waals surface area contributed by atoms with E-state index >= 15 is 0 Å². The number of nitrogens with two attached hydrogens (primary N) is 2. The predicted octanol–water partition coefficient (Wildman–Crippen LogP) is -0.608. The highest BCUT2D eigenvalue weighted by Crippen LogP contribution is 2.02. The maximum atomic E-state index is 11.5. The zero-order valence-corrected chi connectivity index (χ0v) is 9.40. The van der Waals surface area contributed by atoms with Crippen molar-refractivity contribution in [1.29, 1.82) is 0 Å². The molecule has 0 unspecified atom stereocenters. The molecule has 0 fully saturated rings. The van der Waals surface area contributed by atoms with Crippen molar-refractivity contribution in [3.63, 3.8) is 0 Å². The molecule has 0 saturated carbocycles. The highest BCUT2D eigenvalue weighted by Gasteiger charge is 2.17. The standard InChI is InChI=1S/C10H21N3O2/c1-7(2)5-9(12)10(15)13-8(6-14)3-4-11/h6-9H,3-5,11-12H2,1-2H3,(H,13,15)/t8-,9-/m0/s1. The molecule has 0 aromatic heterocycles. The summed E-state index contributed by atoms with van der Waals surface area (Å²) in [4.78, 5) is 22.1. The Morgan fingerprint density at radius 1 is 1.47 bits per heavy atom. The zero-order chi connectivity index (χ0) is 11.8. The summed E-state index contributed by atoms with van der Waals surface area (Å²) in [5.41, 5.74) is 11.0. The molecule has 1 amide bonds. The summed E-state index contributed by atoms with van der Waals surface area (Å²) >= 11 is 0. The molecule has 0 aromatic carbocycles. The molecule has 0 radical (unpaired) electrons. The van der Waals surface area contributed by atoms with Crippen LogP contribution >= 0.6 is 0 Å².